The third kappa shape index (κ3) is 3.85. The molecule has 1 aliphatic rings. The Morgan fingerprint density at radius 2 is 1.88 bits per heavy atom. The van der Waals surface area contributed by atoms with Gasteiger partial charge in [-0.2, -0.15) is 4.98 Å². The second-order valence-corrected chi connectivity index (χ2v) is 5.92. The van der Waals surface area contributed by atoms with Gasteiger partial charge in [0, 0.05) is 18.5 Å². The molecule has 2 N–H and O–H groups in total. The van der Waals surface area contributed by atoms with Gasteiger partial charge in [0.15, 0.2) is 5.69 Å². The highest BCUT2D eigenvalue weighted by Crippen LogP contribution is 2.40. The Labute approximate surface area is 143 Å². The SMILES string of the molecule is O=C(NCc1ccccc1)NCc1nc(-c2cc(C3CC3)on2)no1. The summed E-state index contributed by atoms with van der Waals surface area (Å²) in [6, 6.07) is 11.2. The van der Waals surface area contributed by atoms with Gasteiger partial charge in [-0.1, -0.05) is 40.6 Å². The van der Waals surface area contributed by atoms with Crippen molar-refractivity contribution in [3.63, 3.8) is 0 Å². The average Bonchev–Trinajstić information content (AvgIpc) is 3.19. The van der Waals surface area contributed by atoms with Crippen molar-refractivity contribution in [3.8, 4) is 11.5 Å². The van der Waals surface area contributed by atoms with E-state index in [0.29, 0.717) is 29.9 Å². The average molecular weight is 339 g/mol. The lowest BCUT2D eigenvalue weighted by Crippen LogP contribution is -2.34. The summed E-state index contributed by atoms with van der Waals surface area (Å²) >= 11 is 0. The first kappa shape index (κ1) is 15.4. The Bertz CT molecular complexity index is 854. The topological polar surface area (TPSA) is 106 Å². The zero-order chi connectivity index (χ0) is 17.1. The molecule has 2 amide bonds. The predicted octanol–water partition coefficient (Wildman–Crippen LogP) is 2.60. The van der Waals surface area contributed by atoms with Crippen LogP contribution in [0.2, 0.25) is 0 Å². The number of benzene rings is 1. The summed E-state index contributed by atoms with van der Waals surface area (Å²) in [4.78, 5) is 16.0. The standard InChI is InChI=1S/C17H17N5O3/c23-17(18-9-11-4-2-1-3-5-11)19-10-15-20-16(22-25-15)13-8-14(24-21-13)12-6-7-12/h1-5,8,12H,6-7,9-10H2,(H2,18,19,23). The lowest BCUT2D eigenvalue weighted by atomic mass is 10.2. The van der Waals surface area contributed by atoms with Crippen LogP contribution >= 0.6 is 0 Å². The first-order valence-corrected chi connectivity index (χ1v) is 8.13. The van der Waals surface area contributed by atoms with Crippen LogP contribution in [0.25, 0.3) is 11.5 Å². The number of carbonyl (C=O) groups is 1. The molecule has 0 bridgehead atoms. The molecular weight excluding hydrogens is 322 g/mol. The fourth-order valence-electron chi connectivity index (χ4n) is 2.38. The van der Waals surface area contributed by atoms with Gasteiger partial charge in [-0.15, -0.1) is 0 Å². The maximum absolute atomic E-state index is 11.8. The molecule has 128 valence electrons. The largest absolute Gasteiger partial charge is 0.360 e. The molecule has 1 saturated carbocycles. The molecule has 0 atom stereocenters. The molecule has 1 fully saturated rings. The first-order valence-electron chi connectivity index (χ1n) is 8.13. The minimum Gasteiger partial charge on any atom is -0.360 e. The summed E-state index contributed by atoms with van der Waals surface area (Å²) in [5, 5.41) is 13.3. The third-order valence-electron chi connectivity index (χ3n) is 3.90. The van der Waals surface area contributed by atoms with E-state index in [-0.39, 0.29) is 12.6 Å². The lowest BCUT2D eigenvalue weighted by Gasteiger charge is -2.05. The Hall–Kier alpha value is -3.16. The Kier molecular flexibility index (Phi) is 4.16. The predicted molar refractivity (Wildman–Crippen MR) is 87.3 cm³/mol. The van der Waals surface area contributed by atoms with Gasteiger partial charge in [0.2, 0.25) is 11.7 Å². The van der Waals surface area contributed by atoms with Crippen molar-refractivity contribution >= 4 is 6.03 Å². The molecule has 0 saturated heterocycles. The fraction of sp³-hybridized carbons (Fsp3) is 0.294. The van der Waals surface area contributed by atoms with Gasteiger partial charge in [0.05, 0.1) is 6.54 Å². The number of hydrogen-bond donors (Lipinski definition) is 2. The van der Waals surface area contributed by atoms with E-state index >= 15 is 0 Å². The number of nitrogens with zero attached hydrogens (tertiary/aromatic N) is 3. The number of urea groups is 1. The smallest absolute Gasteiger partial charge is 0.315 e. The van der Waals surface area contributed by atoms with Crippen molar-refractivity contribution < 1.29 is 13.8 Å². The normalized spacial score (nSPS) is 13.6. The fourth-order valence-corrected chi connectivity index (χ4v) is 2.38. The number of aromatic nitrogens is 3. The van der Waals surface area contributed by atoms with Crippen LogP contribution in [0.15, 0.2) is 45.4 Å². The Morgan fingerprint density at radius 1 is 1.08 bits per heavy atom. The molecule has 8 heteroatoms. The summed E-state index contributed by atoms with van der Waals surface area (Å²) in [5.74, 6) is 2.00. The second-order valence-electron chi connectivity index (χ2n) is 5.92. The maximum Gasteiger partial charge on any atom is 0.315 e. The molecule has 8 nitrogen and oxygen atoms in total. The van der Waals surface area contributed by atoms with Gasteiger partial charge in [0.1, 0.15) is 5.76 Å². The van der Waals surface area contributed by atoms with Gasteiger partial charge >= 0.3 is 6.03 Å². The van der Waals surface area contributed by atoms with E-state index < -0.39 is 0 Å². The molecule has 0 radical (unpaired) electrons. The maximum atomic E-state index is 11.8. The summed E-state index contributed by atoms with van der Waals surface area (Å²) in [6.45, 7) is 0.589. The second kappa shape index (κ2) is 6.76. The van der Waals surface area contributed by atoms with E-state index in [9.17, 15) is 4.79 Å². The van der Waals surface area contributed by atoms with E-state index in [0.717, 1.165) is 24.2 Å². The first-order chi connectivity index (χ1) is 12.3. The highest BCUT2D eigenvalue weighted by molar-refractivity contribution is 5.73. The van der Waals surface area contributed by atoms with Gasteiger partial charge in [0.25, 0.3) is 0 Å². The molecule has 0 spiro atoms. The number of hydrogen-bond acceptors (Lipinski definition) is 6. The summed E-state index contributed by atoms with van der Waals surface area (Å²) < 4.78 is 10.4. The molecule has 2 aromatic heterocycles. The zero-order valence-electron chi connectivity index (χ0n) is 13.4. The van der Waals surface area contributed by atoms with Crippen molar-refractivity contribution in [1.82, 2.24) is 25.9 Å². The van der Waals surface area contributed by atoms with E-state index in [4.69, 9.17) is 9.05 Å². The lowest BCUT2D eigenvalue weighted by molar-refractivity contribution is 0.238. The Balaban J connectivity index is 1.28. The van der Waals surface area contributed by atoms with E-state index in [1.165, 1.54) is 0 Å². The number of nitrogens with one attached hydrogen (secondary N) is 2. The molecule has 3 aromatic rings. The summed E-state index contributed by atoms with van der Waals surface area (Å²) in [6.07, 6.45) is 2.27. The van der Waals surface area contributed by atoms with E-state index in [1.54, 1.807) is 0 Å². The van der Waals surface area contributed by atoms with E-state index in [2.05, 4.69) is 25.9 Å². The summed E-state index contributed by atoms with van der Waals surface area (Å²) in [7, 11) is 0. The van der Waals surface area contributed by atoms with Crippen LogP contribution in [0.1, 0.15) is 36.0 Å². The molecule has 1 aliphatic carbocycles. The van der Waals surface area contributed by atoms with Crippen molar-refractivity contribution in [2.45, 2.75) is 31.8 Å². The minimum atomic E-state index is -0.305. The highest BCUT2D eigenvalue weighted by atomic mass is 16.5. The minimum absolute atomic E-state index is 0.140. The molecule has 0 unspecified atom stereocenters. The van der Waals surface area contributed by atoms with Gasteiger partial charge in [-0.05, 0) is 18.4 Å². The van der Waals surface area contributed by atoms with E-state index in [1.807, 2.05) is 36.4 Å². The molecular formula is C17H17N5O3. The van der Waals surface area contributed by atoms with Crippen molar-refractivity contribution in [2.24, 2.45) is 0 Å². The van der Waals surface area contributed by atoms with Crippen LogP contribution in [-0.2, 0) is 13.1 Å². The summed E-state index contributed by atoms with van der Waals surface area (Å²) in [5.41, 5.74) is 1.57. The molecule has 4 rings (SSSR count). The van der Waals surface area contributed by atoms with Crippen LogP contribution in [0.4, 0.5) is 4.79 Å². The van der Waals surface area contributed by atoms with Crippen molar-refractivity contribution in [1.29, 1.82) is 0 Å². The van der Waals surface area contributed by atoms with Crippen LogP contribution < -0.4 is 10.6 Å². The number of rotatable bonds is 6. The quantitative estimate of drug-likeness (QED) is 0.715. The zero-order valence-corrected chi connectivity index (χ0v) is 13.4. The van der Waals surface area contributed by atoms with Gasteiger partial charge in [-0.3, -0.25) is 0 Å². The van der Waals surface area contributed by atoms with Crippen LogP contribution in [0.5, 0.6) is 0 Å². The molecule has 1 aromatic carbocycles. The van der Waals surface area contributed by atoms with Crippen LogP contribution in [0.3, 0.4) is 0 Å². The van der Waals surface area contributed by atoms with Crippen molar-refractivity contribution in [3.05, 3.63) is 53.6 Å². The van der Waals surface area contributed by atoms with Gasteiger partial charge < -0.3 is 19.7 Å². The third-order valence-corrected chi connectivity index (χ3v) is 3.90. The molecule has 25 heavy (non-hydrogen) atoms. The molecule has 0 aliphatic heterocycles. The van der Waals surface area contributed by atoms with Crippen LogP contribution in [0, 0.1) is 0 Å². The number of carbonyl (C=O) groups excluding carboxylic acids is 1. The van der Waals surface area contributed by atoms with Crippen molar-refractivity contribution in [2.75, 3.05) is 0 Å². The highest BCUT2D eigenvalue weighted by Gasteiger charge is 2.28. The monoisotopic (exact) mass is 339 g/mol. The van der Waals surface area contributed by atoms with Gasteiger partial charge in [-0.25, -0.2) is 4.79 Å². The number of amides is 2. The molecule has 2 heterocycles. The van der Waals surface area contributed by atoms with Crippen LogP contribution in [-0.4, -0.2) is 21.3 Å². The Morgan fingerprint density at radius 3 is 2.68 bits per heavy atom.